The lowest BCUT2D eigenvalue weighted by Crippen LogP contribution is -2.61. The van der Waals surface area contributed by atoms with Crippen LogP contribution in [0.4, 0.5) is 4.79 Å². The van der Waals surface area contributed by atoms with Gasteiger partial charge in [-0.2, -0.15) is 0 Å². The summed E-state index contributed by atoms with van der Waals surface area (Å²) in [5.74, 6) is -3.46. The van der Waals surface area contributed by atoms with Crippen LogP contribution in [0.15, 0.2) is 24.3 Å². The van der Waals surface area contributed by atoms with E-state index in [1.54, 1.807) is 94.4 Å². The molecular weight excluding hydrogens is 777 g/mol. The van der Waals surface area contributed by atoms with Gasteiger partial charge >= 0.3 is 26.6 Å². The van der Waals surface area contributed by atoms with Gasteiger partial charge in [0.2, 0.25) is 17.7 Å². The van der Waals surface area contributed by atoms with Gasteiger partial charge in [-0.25, -0.2) is 9.59 Å². The summed E-state index contributed by atoms with van der Waals surface area (Å²) in [5, 5.41) is 9.34. The van der Waals surface area contributed by atoms with Gasteiger partial charge in [0.25, 0.3) is 0 Å². The molecule has 0 aliphatic carbocycles. The second kappa shape index (κ2) is 20.2. The van der Waals surface area contributed by atoms with Crippen LogP contribution in [0.5, 0.6) is 5.75 Å². The molecule has 0 unspecified atom stereocenters. The molecule has 0 radical (unpaired) electrons. The van der Waals surface area contributed by atoms with E-state index in [2.05, 4.69) is 26.0 Å². The van der Waals surface area contributed by atoms with Crippen molar-refractivity contribution in [3.8, 4) is 5.75 Å². The Labute approximate surface area is 352 Å². The molecule has 1 aromatic rings. The van der Waals surface area contributed by atoms with Crippen LogP contribution in [0.25, 0.3) is 6.08 Å². The number of nitrogens with one attached hydrogen (secondary N) is 4. The summed E-state index contributed by atoms with van der Waals surface area (Å²) in [6.07, 6.45) is 1.78. The van der Waals surface area contributed by atoms with Crippen molar-refractivity contribution in [1.82, 2.24) is 21.3 Å². The number of hydrogen-bond donors (Lipinski definition) is 5. The normalized spacial score (nSPS) is 14.4. The number of ether oxygens (including phenoxy) is 3. The number of carbonyl (C=O) groups is 6. The topological polar surface area (TPSA) is 208 Å². The molecular formula is C43H72N4O11Si. The lowest BCUT2D eigenvalue weighted by atomic mass is 9.85. The van der Waals surface area contributed by atoms with Crippen molar-refractivity contribution in [3.63, 3.8) is 0 Å². The maximum absolute atomic E-state index is 14.2. The minimum absolute atomic E-state index is 0.105. The van der Waals surface area contributed by atoms with Crippen LogP contribution in [0.1, 0.15) is 129 Å². The summed E-state index contributed by atoms with van der Waals surface area (Å²) in [6, 6.07) is 1.46. The summed E-state index contributed by atoms with van der Waals surface area (Å²) >= 11 is 0. The van der Waals surface area contributed by atoms with E-state index >= 15 is 0 Å². The van der Waals surface area contributed by atoms with Gasteiger partial charge in [0.15, 0.2) is 0 Å². The number of hydrogen-bond acceptors (Lipinski definition) is 11. The average Bonchev–Trinajstić information content (AvgIpc) is 3.04. The second-order valence-corrected chi connectivity index (χ2v) is 24.7. The number of rotatable bonds is 15. The standard InChI is InChI=1S/C43H72N4O11Si/c1-26(2)33(36(51)47-34(39(3,4)5)37(52)44-25-32(49)55-18)46-35(50)29(45-38(53)57-41(9,10)11)24-27-19-21-30(58-59(54,42(12,13)14)43(15,16)17)28(23-27)20-22-31(48)56-40(6,7)8/h19-23,26,29,33-34,54H,24-25H2,1-18H3,(H,44,52)(H,45,53)(H,46,50)(H,47,51)/b22-20+/t29-,33-,34+/m0/s1. The predicted molar refractivity (Wildman–Crippen MR) is 229 cm³/mol. The lowest BCUT2D eigenvalue weighted by Gasteiger charge is -2.45. The molecule has 0 aromatic heterocycles. The zero-order valence-corrected chi connectivity index (χ0v) is 39.6. The average molecular weight is 849 g/mol. The van der Waals surface area contributed by atoms with Crippen LogP contribution in [0, 0.1) is 11.3 Å². The van der Waals surface area contributed by atoms with Crippen molar-refractivity contribution in [2.24, 2.45) is 11.3 Å². The Hall–Kier alpha value is -4.44. The largest absolute Gasteiger partial charge is 0.519 e. The second-order valence-electron chi connectivity index (χ2n) is 20.2. The van der Waals surface area contributed by atoms with E-state index in [1.165, 1.54) is 19.3 Å². The van der Waals surface area contributed by atoms with Gasteiger partial charge in [-0.15, -0.1) is 0 Å². The van der Waals surface area contributed by atoms with Crippen molar-refractivity contribution in [3.05, 3.63) is 35.4 Å². The minimum atomic E-state index is -3.59. The van der Waals surface area contributed by atoms with Gasteiger partial charge < -0.3 is 44.7 Å². The first-order valence-corrected chi connectivity index (χ1v) is 21.8. The molecule has 334 valence electrons. The summed E-state index contributed by atoms with van der Waals surface area (Å²) in [7, 11) is -2.40. The smallest absolute Gasteiger partial charge is 0.408 e. The highest BCUT2D eigenvalue weighted by atomic mass is 28.4. The number of benzene rings is 1. The van der Waals surface area contributed by atoms with Gasteiger partial charge in [0, 0.05) is 28.1 Å². The van der Waals surface area contributed by atoms with Crippen LogP contribution in [-0.2, 0) is 44.6 Å². The summed E-state index contributed by atoms with van der Waals surface area (Å²) in [4.78, 5) is 91.0. The van der Waals surface area contributed by atoms with Gasteiger partial charge in [0.1, 0.15) is 41.6 Å². The molecule has 16 heteroatoms. The van der Waals surface area contributed by atoms with Gasteiger partial charge in [0.05, 0.1) is 7.11 Å². The first-order chi connectivity index (χ1) is 26.5. The number of alkyl carbamates (subject to hydrolysis) is 1. The molecule has 15 nitrogen and oxygen atoms in total. The molecule has 0 saturated carbocycles. The Balaban J connectivity index is 3.76. The van der Waals surface area contributed by atoms with Crippen LogP contribution < -0.4 is 25.7 Å². The van der Waals surface area contributed by atoms with E-state index in [0.717, 1.165) is 0 Å². The molecule has 0 heterocycles. The molecule has 3 atom stereocenters. The molecule has 4 amide bonds. The predicted octanol–water partition coefficient (Wildman–Crippen LogP) is 5.85. The van der Waals surface area contributed by atoms with E-state index in [1.807, 2.05) is 41.5 Å². The Morgan fingerprint density at radius 1 is 0.746 bits per heavy atom. The molecule has 0 saturated heterocycles. The molecule has 5 N–H and O–H groups in total. The summed E-state index contributed by atoms with van der Waals surface area (Å²) < 4.78 is 22.1. The van der Waals surface area contributed by atoms with Crippen LogP contribution in [-0.4, -0.2) is 92.1 Å². The maximum atomic E-state index is 14.2. The molecule has 59 heavy (non-hydrogen) atoms. The van der Waals surface area contributed by atoms with Crippen molar-refractivity contribution in [2.45, 2.75) is 164 Å². The van der Waals surface area contributed by atoms with Crippen LogP contribution in [0.3, 0.4) is 0 Å². The zero-order valence-electron chi connectivity index (χ0n) is 38.6. The molecule has 0 fully saturated rings. The Morgan fingerprint density at radius 2 is 1.29 bits per heavy atom. The third-order valence-corrected chi connectivity index (χ3v) is 13.5. The highest BCUT2D eigenvalue weighted by molar-refractivity contribution is 6.72. The third-order valence-electron chi connectivity index (χ3n) is 8.91. The van der Waals surface area contributed by atoms with Crippen molar-refractivity contribution in [1.29, 1.82) is 0 Å². The monoisotopic (exact) mass is 848 g/mol. The molecule has 0 spiro atoms. The Bertz CT molecular complexity index is 1680. The summed E-state index contributed by atoms with van der Waals surface area (Å²) in [5.41, 5.74) is -1.53. The molecule has 1 aromatic carbocycles. The van der Waals surface area contributed by atoms with Gasteiger partial charge in [-0.1, -0.05) is 82.2 Å². The van der Waals surface area contributed by atoms with E-state index < -0.39 is 102 Å². The van der Waals surface area contributed by atoms with Crippen molar-refractivity contribution < 1.29 is 52.2 Å². The minimum Gasteiger partial charge on any atom is -0.519 e. The molecule has 0 aliphatic rings. The van der Waals surface area contributed by atoms with Crippen LogP contribution >= 0.6 is 0 Å². The quantitative estimate of drug-likeness (QED) is 0.0612. The molecule has 0 bridgehead atoms. The molecule has 0 aliphatic heterocycles. The number of carbonyl (C=O) groups excluding carboxylic acids is 6. The van der Waals surface area contributed by atoms with Crippen molar-refractivity contribution >= 4 is 50.4 Å². The number of amides is 4. The number of methoxy groups -OCH3 is 1. The number of esters is 2. The first-order valence-electron chi connectivity index (χ1n) is 19.9. The van der Waals surface area contributed by atoms with E-state index in [0.29, 0.717) is 16.9 Å². The van der Waals surface area contributed by atoms with Gasteiger partial charge in [-0.3, -0.25) is 19.2 Å². The van der Waals surface area contributed by atoms with Crippen molar-refractivity contribution in [2.75, 3.05) is 13.7 Å². The summed E-state index contributed by atoms with van der Waals surface area (Å²) in [6.45, 7) is 30.0. The highest BCUT2D eigenvalue weighted by Crippen LogP contribution is 2.50. The third kappa shape index (κ3) is 17.0. The van der Waals surface area contributed by atoms with Crippen LogP contribution in [0.2, 0.25) is 10.1 Å². The SMILES string of the molecule is COC(=O)CNC(=O)[C@@H](NC(=O)[C@@H](NC(=O)[C@H](Cc1ccc(O[Si](O)(C(C)(C)C)C(C)(C)C)c(/C=C/C(=O)OC(C)(C)C)c1)NC(=O)OC(C)(C)C)C(C)C)C(C)(C)C. The van der Waals surface area contributed by atoms with Gasteiger partial charge in [-0.05, 0) is 76.6 Å². The molecule has 1 rings (SSSR count). The fourth-order valence-electron chi connectivity index (χ4n) is 5.96. The lowest BCUT2D eigenvalue weighted by molar-refractivity contribution is -0.148. The fraction of sp³-hybridized carbons (Fsp3) is 0.674. The Kier molecular flexibility index (Phi) is 18.0. The first kappa shape index (κ1) is 52.6. The Morgan fingerprint density at radius 3 is 1.75 bits per heavy atom. The fourth-order valence-corrected chi connectivity index (χ4v) is 9.32. The highest BCUT2D eigenvalue weighted by Gasteiger charge is 2.57. The zero-order chi connectivity index (χ0) is 46.1. The van der Waals surface area contributed by atoms with E-state index in [-0.39, 0.29) is 6.42 Å². The van der Waals surface area contributed by atoms with E-state index in [9.17, 15) is 33.6 Å². The van der Waals surface area contributed by atoms with E-state index in [4.69, 9.17) is 13.9 Å². The maximum Gasteiger partial charge on any atom is 0.408 e.